The number of carbonyl (C=O) groups is 2. The lowest BCUT2D eigenvalue weighted by atomic mass is 9.94. The molecule has 5 nitrogen and oxygen atoms in total. The van der Waals surface area contributed by atoms with Gasteiger partial charge in [-0.1, -0.05) is 12.1 Å². The monoisotopic (exact) mass is 297 g/mol. The number of benzene rings is 1. The molecular weight excluding hydrogens is 277 g/mol. The van der Waals surface area contributed by atoms with Crippen LogP contribution in [0.5, 0.6) is 5.75 Å². The predicted molar refractivity (Wildman–Crippen MR) is 75.6 cm³/mol. The molecule has 0 aliphatic carbocycles. The topological polar surface area (TPSA) is 75.6 Å². The van der Waals surface area contributed by atoms with Crippen molar-refractivity contribution in [3.05, 3.63) is 30.1 Å². The number of aliphatic carboxylic acids is 1. The summed E-state index contributed by atoms with van der Waals surface area (Å²) >= 11 is 0. The Balaban J connectivity index is 2.23. The Morgan fingerprint density at radius 1 is 1.33 bits per heavy atom. The molecular formula is C15H20FNO4. The number of hydrogen-bond donors (Lipinski definition) is 2. The zero-order valence-electron chi connectivity index (χ0n) is 12.2. The summed E-state index contributed by atoms with van der Waals surface area (Å²) in [6.45, 7) is 3.36. The van der Waals surface area contributed by atoms with E-state index in [-0.39, 0.29) is 31.2 Å². The first-order valence-electron chi connectivity index (χ1n) is 6.70. The highest BCUT2D eigenvalue weighted by molar-refractivity contribution is 5.78. The van der Waals surface area contributed by atoms with Gasteiger partial charge < -0.3 is 15.2 Å². The largest absolute Gasteiger partial charge is 0.491 e. The Kier molecular flexibility index (Phi) is 6.14. The maximum atomic E-state index is 13.2. The fraction of sp³-hybridized carbons (Fsp3) is 0.467. The summed E-state index contributed by atoms with van der Waals surface area (Å²) in [4.78, 5) is 22.4. The summed E-state index contributed by atoms with van der Waals surface area (Å²) in [5, 5.41) is 11.5. The van der Waals surface area contributed by atoms with Crippen LogP contribution in [0.4, 0.5) is 4.39 Å². The Morgan fingerprint density at radius 2 is 2.00 bits per heavy atom. The molecule has 6 heteroatoms. The van der Waals surface area contributed by atoms with E-state index >= 15 is 0 Å². The molecule has 1 aromatic rings. The molecule has 0 atom stereocenters. The number of carboxylic acids is 1. The molecule has 0 aliphatic heterocycles. The zero-order chi connectivity index (χ0) is 15.9. The molecule has 0 bridgehead atoms. The number of ether oxygens (including phenoxy) is 1. The highest BCUT2D eigenvalue weighted by atomic mass is 19.1. The number of amides is 1. The van der Waals surface area contributed by atoms with Gasteiger partial charge in [0.05, 0.1) is 12.0 Å². The van der Waals surface area contributed by atoms with Gasteiger partial charge in [0.2, 0.25) is 5.91 Å². The molecule has 1 rings (SSSR count). The average Bonchev–Trinajstić information content (AvgIpc) is 2.43. The van der Waals surface area contributed by atoms with Crippen molar-refractivity contribution in [2.24, 2.45) is 5.41 Å². The van der Waals surface area contributed by atoms with Gasteiger partial charge in [-0.3, -0.25) is 9.59 Å². The summed E-state index contributed by atoms with van der Waals surface area (Å²) < 4.78 is 18.5. The second kappa shape index (κ2) is 7.61. The van der Waals surface area contributed by atoms with Crippen LogP contribution >= 0.6 is 0 Å². The first-order chi connectivity index (χ1) is 9.83. The van der Waals surface area contributed by atoms with Crippen LogP contribution in [0.15, 0.2) is 24.3 Å². The van der Waals surface area contributed by atoms with Crippen molar-refractivity contribution in [3.8, 4) is 5.75 Å². The van der Waals surface area contributed by atoms with Crippen molar-refractivity contribution < 1.29 is 23.8 Å². The molecule has 0 saturated heterocycles. The third-order valence-electron chi connectivity index (χ3n) is 2.95. The minimum atomic E-state index is -1.00. The summed E-state index contributed by atoms with van der Waals surface area (Å²) in [6, 6.07) is 6.06. The summed E-state index contributed by atoms with van der Waals surface area (Å²) in [5.41, 5.74) is -1.00. The molecule has 21 heavy (non-hydrogen) atoms. The number of nitrogens with one attached hydrogen (secondary N) is 1. The van der Waals surface area contributed by atoms with Crippen LogP contribution < -0.4 is 10.1 Å². The third-order valence-corrected chi connectivity index (χ3v) is 2.95. The highest BCUT2D eigenvalue weighted by Gasteiger charge is 2.27. The van der Waals surface area contributed by atoms with E-state index < -0.39 is 17.2 Å². The maximum absolute atomic E-state index is 13.2. The Bertz CT molecular complexity index is 502. The van der Waals surface area contributed by atoms with E-state index in [9.17, 15) is 14.0 Å². The van der Waals surface area contributed by atoms with Gasteiger partial charge in [-0.05, 0) is 32.4 Å². The van der Waals surface area contributed by atoms with E-state index in [2.05, 4.69) is 5.32 Å². The van der Waals surface area contributed by atoms with Crippen molar-refractivity contribution in [1.82, 2.24) is 5.32 Å². The quantitative estimate of drug-likeness (QED) is 0.721. The van der Waals surface area contributed by atoms with Crippen LogP contribution in [0.3, 0.4) is 0 Å². The summed E-state index contributed by atoms with van der Waals surface area (Å²) in [6.07, 6.45) is 0.623. The fourth-order valence-corrected chi connectivity index (χ4v) is 1.46. The minimum Gasteiger partial charge on any atom is -0.491 e. The van der Waals surface area contributed by atoms with Crippen LogP contribution in [-0.2, 0) is 9.59 Å². The summed E-state index contributed by atoms with van der Waals surface area (Å²) in [5.74, 6) is -1.50. The van der Waals surface area contributed by atoms with E-state index in [0.717, 1.165) is 0 Å². The lowest BCUT2D eigenvalue weighted by Gasteiger charge is -2.19. The molecule has 1 amide bonds. The fourth-order valence-electron chi connectivity index (χ4n) is 1.46. The van der Waals surface area contributed by atoms with Crippen LogP contribution in [0.25, 0.3) is 0 Å². The molecule has 0 aromatic heterocycles. The smallest absolute Gasteiger partial charge is 0.310 e. The standard InChI is InChI=1S/C15H20FNO4/c1-15(2,14(19)20)10-17-13(18)8-5-9-21-12-7-4-3-6-11(12)16/h3-4,6-7H,5,8-10H2,1-2H3,(H,17,18)(H,19,20). The summed E-state index contributed by atoms with van der Waals surface area (Å²) in [7, 11) is 0. The van der Waals surface area contributed by atoms with Gasteiger partial charge in [0.25, 0.3) is 0 Å². The molecule has 0 unspecified atom stereocenters. The van der Waals surface area contributed by atoms with E-state index in [1.165, 1.54) is 26.0 Å². The van der Waals surface area contributed by atoms with Crippen LogP contribution in [0, 0.1) is 11.2 Å². The molecule has 2 N–H and O–H groups in total. The van der Waals surface area contributed by atoms with E-state index in [4.69, 9.17) is 9.84 Å². The number of para-hydroxylation sites is 1. The van der Waals surface area contributed by atoms with Crippen molar-refractivity contribution >= 4 is 11.9 Å². The van der Waals surface area contributed by atoms with Gasteiger partial charge in [0.1, 0.15) is 0 Å². The average molecular weight is 297 g/mol. The number of hydrogen-bond acceptors (Lipinski definition) is 3. The van der Waals surface area contributed by atoms with Crippen molar-refractivity contribution in [2.75, 3.05) is 13.2 Å². The van der Waals surface area contributed by atoms with Crippen molar-refractivity contribution in [3.63, 3.8) is 0 Å². The molecule has 116 valence electrons. The number of halogens is 1. The first kappa shape index (κ1) is 16.9. The van der Waals surface area contributed by atoms with Crippen molar-refractivity contribution in [1.29, 1.82) is 0 Å². The third kappa shape index (κ3) is 5.81. The van der Waals surface area contributed by atoms with E-state index in [1.807, 2.05) is 0 Å². The SMILES string of the molecule is CC(C)(CNC(=O)CCCOc1ccccc1F)C(=O)O. The minimum absolute atomic E-state index is 0.0648. The Morgan fingerprint density at radius 3 is 2.62 bits per heavy atom. The van der Waals surface area contributed by atoms with Gasteiger partial charge in [-0.25, -0.2) is 4.39 Å². The maximum Gasteiger partial charge on any atom is 0.310 e. The zero-order valence-corrected chi connectivity index (χ0v) is 12.2. The normalized spacial score (nSPS) is 11.0. The van der Waals surface area contributed by atoms with Gasteiger partial charge in [0.15, 0.2) is 11.6 Å². The van der Waals surface area contributed by atoms with Gasteiger partial charge in [0, 0.05) is 13.0 Å². The van der Waals surface area contributed by atoms with E-state index in [0.29, 0.717) is 6.42 Å². The second-order valence-corrected chi connectivity index (χ2v) is 5.35. The Labute approximate surface area is 123 Å². The van der Waals surface area contributed by atoms with Gasteiger partial charge in [-0.15, -0.1) is 0 Å². The first-order valence-corrected chi connectivity index (χ1v) is 6.70. The van der Waals surface area contributed by atoms with Gasteiger partial charge in [-0.2, -0.15) is 0 Å². The van der Waals surface area contributed by atoms with Crippen LogP contribution in [0.2, 0.25) is 0 Å². The molecule has 0 aliphatic rings. The number of carboxylic acid groups (broad SMARTS) is 1. The molecule has 0 fully saturated rings. The van der Waals surface area contributed by atoms with Crippen molar-refractivity contribution in [2.45, 2.75) is 26.7 Å². The molecule has 0 saturated carbocycles. The lowest BCUT2D eigenvalue weighted by Crippen LogP contribution is -2.38. The second-order valence-electron chi connectivity index (χ2n) is 5.35. The molecule has 0 radical (unpaired) electrons. The predicted octanol–water partition coefficient (Wildman–Crippen LogP) is 2.21. The highest BCUT2D eigenvalue weighted by Crippen LogP contribution is 2.16. The number of rotatable bonds is 8. The lowest BCUT2D eigenvalue weighted by molar-refractivity contribution is -0.146. The molecule has 0 spiro atoms. The van der Waals surface area contributed by atoms with Crippen LogP contribution in [-0.4, -0.2) is 30.1 Å². The Hall–Kier alpha value is -2.11. The van der Waals surface area contributed by atoms with Gasteiger partial charge >= 0.3 is 5.97 Å². The van der Waals surface area contributed by atoms with E-state index in [1.54, 1.807) is 12.1 Å². The van der Waals surface area contributed by atoms with Crippen LogP contribution in [0.1, 0.15) is 26.7 Å². The molecule has 0 heterocycles. The molecule has 1 aromatic carbocycles. The number of carbonyl (C=O) groups excluding carboxylic acids is 1.